The highest BCUT2D eigenvalue weighted by Crippen LogP contribution is 2.40. The fourth-order valence-corrected chi connectivity index (χ4v) is 2.93. The predicted molar refractivity (Wildman–Crippen MR) is 80.7 cm³/mol. The number of nitrogens with one attached hydrogen (secondary N) is 1. The van der Waals surface area contributed by atoms with Gasteiger partial charge >= 0.3 is 6.18 Å². The number of fused-ring (bicyclic) bond motifs is 1. The molecule has 0 radical (unpaired) electrons. The maximum absolute atomic E-state index is 13.9. The average Bonchev–Trinajstić information content (AvgIpc) is 2.76. The molecule has 3 nitrogen and oxygen atoms in total. The van der Waals surface area contributed by atoms with Crippen LogP contribution < -0.4 is 4.72 Å². The van der Waals surface area contributed by atoms with Crippen LogP contribution in [0.1, 0.15) is 38.1 Å². The second kappa shape index (κ2) is 6.11. The van der Waals surface area contributed by atoms with Gasteiger partial charge in [-0.05, 0) is 39.8 Å². The molecule has 0 fully saturated rings. The largest absolute Gasteiger partial charge is 0.456 e. The molecule has 24 heavy (non-hydrogen) atoms. The minimum atomic E-state index is -4.87. The van der Waals surface area contributed by atoms with Gasteiger partial charge in [0, 0.05) is 5.56 Å². The van der Waals surface area contributed by atoms with E-state index in [0.29, 0.717) is 0 Å². The van der Waals surface area contributed by atoms with Crippen LogP contribution in [0.4, 0.5) is 22.0 Å². The van der Waals surface area contributed by atoms with E-state index in [1.54, 1.807) is 0 Å². The summed E-state index contributed by atoms with van der Waals surface area (Å²) >= 11 is 0. The Hall–Kier alpha value is -1.48. The summed E-state index contributed by atoms with van der Waals surface area (Å²) in [7, 11) is -2.07. The number of rotatable bonds is 3. The zero-order valence-corrected chi connectivity index (χ0v) is 14.2. The van der Waals surface area contributed by atoms with Crippen LogP contribution in [0, 0.1) is 18.6 Å². The quantitative estimate of drug-likeness (QED) is 0.799. The van der Waals surface area contributed by atoms with Crippen molar-refractivity contribution >= 4 is 22.0 Å². The van der Waals surface area contributed by atoms with E-state index in [1.165, 1.54) is 27.7 Å². The first-order chi connectivity index (χ1) is 10.8. The molecule has 0 aliphatic heterocycles. The molecule has 0 bridgehead atoms. The van der Waals surface area contributed by atoms with Crippen molar-refractivity contribution in [1.82, 2.24) is 4.72 Å². The van der Waals surface area contributed by atoms with Gasteiger partial charge in [-0.15, -0.1) is 0 Å². The summed E-state index contributed by atoms with van der Waals surface area (Å²) in [5.41, 5.74) is -0.789. The topological polar surface area (TPSA) is 42.2 Å². The molecule has 1 heterocycles. The molecular weight excluding hydrogens is 353 g/mol. The number of hydrogen-bond acceptors (Lipinski definition) is 2. The summed E-state index contributed by atoms with van der Waals surface area (Å²) < 4.78 is 85.9. The van der Waals surface area contributed by atoms with Crippen LogP contribution in [0.5, 0.6) is 0 Å². The van der Waals surface area contributed by atoms with E-state index in [4.69, 9.17) is 4.42 Å². The molecule has 2 atom stereocenters. The van der Waals surface area contributed by atoms with Crippen molar-refractivity contribution in [3.05, 3.63) is 35.1 Å². The molecule has 0 amide bonds. The van der Waals surface area contributed by atoms with E-state index >= 15 is 0 Å². The molecule has 2 aromatic rings. The second-order valence-corrected chi connectivity index (χ2v) is 8.30. The molecule has 1 aromatic heterocycles. The highest BCUT2D eigenvalue weighted by atomic mass is 32.2. The van der Waals surface area contributed by atoms with Gasteiger partial charge < -0.3 is 4.42 Å². The van der Waals surface area contributed by atoms with Gasteiger partial charge in [0.15, 0.2) is 17.4 Å². The third-order valence-electron chi connectivity index (χ3n) is 3.39. The van der Waals surface area contributed by atoms with Gasteiger partial charge in [-0.2, -0.15) is 13.2 Å². The molecule has 0 saturated carbocycles. The van der Waals surface area contributed by atoms with E-state index in [-0.39, 0.29) is 10.9 Å². The molecule has 0 saturated heterocycles. The van der Waals surface area contributed by atoms with Gasteiger partial charge in [0.05, 0.1) is 21.1 Å². The monoisotopic (exact) mass is 369 g/mol. The standard InChI is InChI=1S/C15H16F5NO2S/c1-7-10-8(16)5-6-9(17)12(10)23-11(7)13(15(18,19)20)21-24(22)14(2,3)4/h5-6,13,21H,1-4H3/t13-,24+/m1/s1. The average molecular weight is 369 g/mol. The number of benzene rings is 1. The minimum absolute atomic E-state index is 0.192. The molecule has 1 N–H and O–H groups in total. The van der Waals surface area contributed by atoms with Crippen molar-refractivity contribution in [2.75, 3.05) is 0 Å². The summed E-state index contributed by atoms with van der Waals surface area (Å²) in [6.45, 7) is 5.68. The van der Waals surface area contributed by atoms with Gasteiger partial charge in [0.2, 0.25) is 0 Å². The molecule has 0 spiro atoms. The molecule has 0 unspecified atom stereocenters. The number of aryl methyl sites for hydroxylation is 1. The van der Waals surface area contributed by atoms with Gasteiger partial charge in [0.1, 0.15) is 11.6 Å². The zero-order valence-electron chi connectivity index (χ0n) is 13.3. The third kappa shape index (κ3) is 3.46. The first-order valence-electron chi connectivity index (χ1n) is 6.95. The van der Waals surface area contributed by atoms with Crippen LogP contribution >= 0.6 is 0 Å². The number of furan rings is 1. The maximum Gasteiger partial charge on any atom is 0.411 e. The van der Waals surface area contributed by atoms with E-state index in [2.05, 4.69) is 0 Å². The van der Waals surface area contributed by atoms with E-state index in [0.717, 1.165) is 12.1 Å². The van der Waals surface area contributed by atoms with Crippen LogP contribution in [0.3, 0.4) is 0 Å². The van der Waals surface area contributed by atoms with Gasteiger partial charge in [-0.1, -0.05) is 0 Å². The molecule has 2 rings (SSSR count). The summed E-state index contributed by atoms with van der Waals surface area (Å²) in [5.74, 6) is -2.57. The SMILES string of the molecule is Cc1c([C@@H](N[S@@](=O)C(C)(C)C)C(F)(F)F)oc2c(F)ccc(F)c12. The first kappa shape index (κ1) is 18.9. The first-order valence-corrected chi connectivity index (χ1v) is 8.10. The Labute approximate surface area is 137 Å². The number of hydrogen-bond donors (Lipinski definition) is 1. The molecule has 0 aliphatic rings. The van der Waals surface area contributed by atoms with Crippen molar-refractivity contribution in [3.8, 4) is 0 Å². The molecule has 1 aromatic carbocycles. The molecular formula is C15H16F5NO2S. The maximum atomic E-state index is 13.9. The lowest BCUT2D eigenvalue weighted by atomic mass is 10.1. The third-order valence-corrected chi connectivity index (χ3v) is 4.95. The number of halogens is 5. The van der Waals surface area contributed by atoms with Gasteiger partial charge in [0.25, 0.3) is 0 Å². The highest BCUT2D eigenvalue weighted by Gasteiger charge is 2.46. The lowest BCUT2D eigenvalue weighted by molar-refractivity contribution is -0.156. The Morgan fingerprint density at radius 1 is 1.12 bits per heavy atom. The normalized spacial score (nSPS) is 15.7. The Morgan fingerprint density at radius 2 is 1.67 bits per heavy atom. The zero-order chi connectivity index (χ0) is 18.4. The van der Waals surface area contributed by atoms with E-state index < -0.39 is 50.9 Å². The summed E-state index contributed by atoms with van der Waals surface area (Å²) in [6, 6.07) is -0.871. The second-order valence-electron chi connectivity index (χ2n) is 6.30. The van der Waals surface area contributed by atoms with Crippen LogP contribution in [-0.4, -0.2) is 15.1 Å². The molecule has 9 heteroatoms. The Kier molecular flexibility index (Phi) is 4.80. The lowest BCUT2D eigenvalue weighted by Gasteiger charge is -2.25. The van der Waals surface area contributed by atoms with Crippen LogP contribution in [0.25, 0.3) is 11.0 Å². The predicted octanol–water partition coefficient (Wildman–Crippen LogP) is 4.67. The van der Waals surface area contributed by atoms with E-state index in [1.807, 2.05) is 4.72 Å². The summed E-state index contributed by atoms with van der Waals surface area (Å²) in [5, 5.41) is -0.359. The Balaban J connectivity index is 2.62. The smallest absolute Gasteiger partial charge is 0.411 e. The van der Waals surface area contributed by atoms with Crippen LogP contribution in [-0.2, 0) is 11.0 Å². The molecule has 0 aliphatic carbocycles. The van der Waals surface area contributed by atoms with Gasteiger partial charge in [-0.3, -0.25) is 0 Å². The fourth-order valence-electron chi connectivity index (χ4n) is 2.12. The lowest BCUT2D eigenvalue weighted by Crippen LogP contribution is -2.41. The van der Waals surface area contributed by atoms with Crippen LogP contribution in [0.2, 0.25) is 0 Å². The van der Waals surface area contributed by atoms with Crippen molar-refractivity contribution in [1.29, 1.82) is 0 Å². The summed E-state index contributed by atoms with van der Waals surface area (Å²) in [6.07, 6.45) is -4.87. The van der Waals surface area contributed by atoms with Crippen molar-refractivity contribution in [2.45, 2.75) is 44.7 Å². The van der Waals surface area contributed by atoms with Crippen molar-refractivity contribution in [2.24, 2.45) is 0 Å². The van der Waals surface area contributed by atoms with Crippen molar-refractivity contribution in [3.63, 3.8) is 0 Å². The minimum Gasteiger partial charge on any atom is -0.456 e. The van der Waals surface area contributed by atoms with Crippen LogP contribution in [0.15, 0.2) is 16.5 Å². The van der Waals surface area contributed by atoms with Crippen molar-refractivity contribution < 1.29 is 30.6 Å². The Morgan fingerprint density at radius 3 is 2.12 bits per heavy atom. The number of alkyl halides is 3. The highest BCUT2D eigenvalue weighted by molar-refractivity contribution is 7.84. The van der Waals surface area contributed by atoms with Gasteiger partial charge in [-0.25, -0.2) is 17.7 Å². The van der Waals surface area contributed by atoms with E-state index in [9.17, 15) is 26.2 Å². The summed E-state index contributed by atoms with van der Waals surface area (Å²) in [4.78, 5) is 0. The Bertz CT molecular complexity index is 792. The fraction of sp³-hybridized carbons (Fsp3) is 0.467. The molecule has 134 valence electrons.